The number of para-hydroxylation sites is 1. The fourth-order valence-electron chi connectivity index (χ4n) is 4.73. The van der Waals surface area contributed by atoms with Crippen LogP contribution in [-0.2, 0) is 6.54 Å². The number of nitrogens with one attached hydrogen (secondary N) is 1. The van der Waals surface area contributed by atoms with Gasteiger partial charge < -0.3 is 19.5 Å². The number of benzene rings is 3. The molecule has 1 aromatic heterocycles. The molecule has 5 rings (SSSR count). The Hall–Kier alpha value is -3.84. The highest BCUT2D eigenvalue weighted by Crippen LogP contribution is 2.34. The molecule has 0 saturated heterocycles. The summed E-state index contributed by atoms with van der Waals surface area (Å²) in [6, 6.07) is 21.2. The van der Waals surface area contributed by atoms with Crippen LogP contribution in [0.15, 0.2) is 71.5 Å². The Bertz CT molecular complexity index is 1430. The van der Waals surface area contributed by atoms with Crippen molar-refractivity contribution in [2.45, 2.75) is 39.8 Å². The monoisotopic (exact) mass is 499 g/mol. The fourth-order valence-corrected chi connectivity index (χ4v) is 4.73. The van der Waals surface area contributed by atoms with Crippen LogP contribution in [0.5, 0.6) is 17.2 Å². The molecule has 0 saturated carbocycles. The van der Waals surface area contributed by atoms with Crippen LogP contribution < -0.4 is 25.1 Å². The van der Waals surface area contributed by atoms with Gasteiger partial charge in [0.15, 0.2) is 11.5 Å². The van der Waals surface area contributed by atoms with Crippen molar-refractivity contribution in [3.63, 3.8) is 0 Å². The molecule has 0 amide bonds. The number of fused-ring (bicyclic) bond motifs is 2. The van der Waals surface area contributed by atoms with Crippen molar-refractivity contribution in [3.05, 3.63) is 88.5 Å². The molecule has 1 aliphatic heterocycles. The van der Waals surface area contributed by atoms with Gasteiger partial charge >= 0.3 is 0 Å². The van der Waals surface area contributed by atoms with E-state index in [0.29, 0.717) is 43.1 Å². The zero-order valence-electron chi connectivity index (χ0n) is 21.6. The first kappa shape index (κ1) is 24.8. The first-order valence-electron chi connectivity index (χ1n) is 12.9. The average Bonchev–Trinajstić information content (AvgIpc) is 3.15. The average molecular weight is 500 g/mol. The highest BCUT2D eigenvalue weighted by atomic mass is 16.5. The van der Waals surface area contributed by atoms with Crippen molar-refractivity contribution in [2.24, 2.45) is 5.92 Å². The van der Waals surface area contributed by atoms with E-state index in [1.54, 1.807) is 4.57 Å². The van der Waals surface area contributed by atoms with E-state index in [9.17, 15) is 4.79 Å². The van der Waals surface area contributed by atoms with Gasteiger partial charge in [0.2, 0.25) is 0 Å². The minimum absolute atomic E-state index is 0.0225. The summed E-state index contributed by atoms with van der Waals surface area (Å²) >= 11 is 0. The van der Waals surface area contributed by atoms with Gasteiger partial charge in [0.25, 0.3) is 5.56 Å². The molecular formula is C30H33N3O4. The molecule has 37 heavy (non-hydrogen) atoms. The molecule has 0 bridgehead atoms. The third-order valence-corrected chi connectivity index (χ3v) is 6.53. The third kappa shape index (κ3) is 5.32. The maximum Gasteiger partial charge on any atom is 0.266 e. The summed E-state index contributed by atoms with van der Waals surface area (Å²) in [7, 11) is 0. The zero-order valence-corrected chi connectivity index (χ0v) is 21.6. The maximum absolute atomic E-state index is 13.6. The van der Waals surface area contributed by atoms with Crippen molar-refractivity contribution in [1.82, 2.24) is 14.9 Å². The molecule has 7 heteroatoms. The van der Waals surface area contributed by atoms with Crippen LogP contribution >= 0.6 is 0 Å². The lowest BCUT2D eigenvalue weighted by Crippen LogP contribution is -2.31. The smallest absolute Gasteiger partial charge is 0.266 e. The van der Waals surface area contributed by atoms with E-state index in [-0.39, 0.29) is 17.5 Å². The Balaban J connectivity index is 1.50. The van der Waals surface area contributed by atoms with Crippen LogP contribution in [0, 0.1) is 5.92 Å². The Kier molecular flexibility index (Phi) is 7.42. The molecule has 0 radical (unpaired) electrons. The predicted molar refractivity (Wildman–Crippen MR) is 145 cm³/mol. The van der Waals surface area contributed by atoms with Gasteiger partial charge in [0.05, 0.1) is 43.0 Å². The molecule has 1 N–H and O–H groups in total. The third-order valence-electron chi connectivity index (χ3n) is 6.53. The van der Waals surface area contributed by atoms with Gasteiger partial charge in [-0.15, -0.1) is 0 Å². The number of ether oxygens (including phenoxy) is 3. The number of aromatic nitrogens is 2. The number of hydrogen-bond donors (Lipinski definition) is 1. The summed E-state index contributed by atoms with van der Waals surface area (Å²) in [5, 5.41) is 4.25. The first-order chi connectivity index (χ1) is 18.0. The lowest BCUT2D eigenvalue weighted by atomic mass is 9.95. The summed E-state index contributed by atoms with van der Waals surface area (Å²) in [5.41, 5.74) is 2.45. The standard InChI is InChI=1S/C30H33N3O4/c1-4-35-23-13-11-22(12-14-23)33-28(32-25-9-6-5-8-24(25)30(33)34)19-31-29(20(2)3)21-10-15-26-27(18-21)37-17-7-16-36-26/h5-6,8-15,18,20,29,31H,4,7,16-17,19H2,1-3H3. The molecule has 1 atom stereocenters. The van der Waals surface area contributed by atoms with Crippen molar-refractivity contribution in [2.75, 3.05) is 19.8 Å². The van der Waals surface area contributed by atoms with E-state index in [0.717, 1.165) is 34.9 Å². The van der Waals surface area contributed by atoms with Crippen LogP contribution in [-0.4, -0.2) is 29.4 Å². The van der Waals surface area contributed by atoms with Gasteiger partial charge in [0, 0.05) is 12.5 Å². The molecule has 0 spiro atoms. The van der Waals surface area contributed by atoms with Gasteiger partial charge in [0.1, 0.15) is 11.6 Å². The van der Waals surface area contributed by atoms with Gasteiger partial charge in [-0.2, -0.15) is 0 Å². The molecule has 1 unspecified atom stereocenters. The second kappa shape index (κ2) is 11.0. The minimum atomic E-state index is -0.0942. The van der Waals surface area contributed by atoms with Gasteiger partial charge in [-0.1, -0.05) is 32.0 Å². The highest BCUT2D eigenvalue weighted by molar-refractivity contribution is 5.77. The van der Waals surface area contributed by atoms with E-state index in [2.05, 4.69) is 31.3 Å². The summed E-state index contributed by atoms with van der Waals surface area (Å²) in [5.74, 6) is 3.26. The summed E-state index contributed by atoms with van der Waals surface area (Å²) in [6.07, 6.45) is 0.868. The minimum Gasteiger partial charge on any atom is -0.494 e. The van der Waals surface area contributed by atoms with Gasteiger partial charge in [-0.25, -0.2) is 4.98 Å². The quantitative estimate of drug-likeness (QED) is 0.348. The molecule has 4 aromatic rings. The van der Waals surface area contributed by atoms with Crippen molar-refractivity contribution >= 4 is 10.9 Å². The van der Waals surface area contributed by atoms with E-state index < -0.39 is 0 Å². The predicted octanol–water partition coefficient (Wildman–Crippen LogP) is 5.43. The lowest BCUT2D eigenvalue weighted by Gasteiger charge is -2.25. The van der Waals surface area contributed by atoms with Crippen LogP contribution in [0.2, 0.25) is 0 Å². The molecular weight excluding hydrogens is 466 g/mol. The van der Waals surface area contributed by atoms with Crippen molar-refractivity contribution < 1.29 is 14.2 Å². The Labute approximate surface area is 217 Å². The zero-order chi connectivity index (χ0) is 25.8. The number of hydrogen-bond acceptors (Lipinski definition) is 6. The van der Waals surface area contributed by atoms with Crippen LogP contribution in [0.3, 0.4) is 0 Å². The van der Waals surface area contributed by atoms with Crippen LogP contribution in [0.25, 0.3) is 16.6 Å². The lowest BCUT2D eigenvalue weighted by molar-refractivity contribution is 0.296. The Morgan fingerprint density at radius 2 is 1.76 bits per heavy atom. The largest absolute Gasteiger partial charge is 0.494 e. The second-order valence-corrected chi connectivity index (χ2v) is 9.47. The molecule has 7 nitrogen and oxygen atoms in total. The normalized spacial score (nSPS) is 13.9. The number of nitrogens with zero attached hydrogens (tertiary/aromatic N) is 2. The van der Waals surface area contributed by atoms with E-state index in [4.69, 9.17) is 19.2 Å². The SMILES string of the molecule is CCOc1ccc(-n2c(CNC(c3ccc4c(c3)OCCCO4)C(C)C)nc3ccccc3c2=O)cc1. The Morgan fingerprint density at radius 3 is 2.51 bits per heavy atom. The maximum atomic E-state index is 13.6. The topological polar surface area (TPSA) is 74.6 Å². The molecule has 0 aliphatic carbocycles. The first-order valence-corrected chi connectivity index (χ1v) is 12.9. The fraction of sp³-hybridized carbons (Fsp3) is 0.333. The summed E-state index contributed by atoms with van der Waals surface area (Å²) in [6.45, 7) is 8.60. The van der Waals surface area contributed by atoms with Crippen LogP contribution in [0.4, 0.5) is 0 Å². The molecule has 2 heterocycles. The number of rotatable bonds is 8. The molecule has 1 aliphatic rings. The van der Waals surface area contributed by atoms with Crippen LogP contribution in [0.1, 0.15) is 44.6 Å². The van der Waals surface area contributed by atoms with Crippen molar-refractivity contribution in [3.8, 4) is 22.9 Å². The van der Waals surface area contributed by atoms with E-state index in [1.165, 1.54) is 0 Å². The van der Waals surface area contributed by atoms with Gasteiger partial charge in [-0.3, -0.25) is 9.36 Å². The van der Waals surface area contributed by atoms with E-state index in [1.807, 2.05) is 61.5 Å². The summed E-state index contributed by atoms with van der Waals surface area (Å²) in [4.78, 5) is 18.5. The van der Waals surface area contributed by atoms with E-state index >= 15 is 0 Å². The Morgan fingerprint density at radius 1 is 1.00 bits per heavy atom. The van der Waals surface area contributed by atoms with Crippen molar-refractivity contribution in [1.29, 1.82) is 0 Å². The highest BCUT2D eigenvalue weighted by Gasteiger charge is 2.21. The second-order valence-electron chi connectivity index (χ2n) is 9.47. The molecule has 192 valence electrons. The van der Waals surface area contributed by atoms with Gasteiger partial charge in [-0.05, 0) is 66.9 Å². The summed E-state index contributed by atoms with van der Waals surface area (Å²) < 4.78 is 19.0. The molecule has 0 fully saturated rings. The molecule has 3 aromatic carbocycles.